The summed E-state index contributed by atoms with van der Waals surface area (Å²) in [5.41, 5.74) is 3.75. The van der Waals surface area contributed by atoms with Gasteiger partial charge < -0.3 is 15.0 Å². The zero-order chi connectivity index (χ0) is 17.8. The molecule has 0 amide bonds. The summed E-state index contributed by atoms with van der Waals surface area (Å²) in [7, 11) is 1.68. The lowest BCUT2D eigenvalue weighted by Crippen LogP contribution is -2.26. The van der Waals surface area contributed by atoms with Crippen LogP contribution in [0.4, 0.5) is 17.5 Å². The van der Waals surface area contributed by atoms with Crippen molar-refractivity contribution >= 4 is 17.5 Å². The van der Waals surface area contributed by atoms with Gasteiger partial charge in [0.25, 0.3) is 0 Å². The van der Waals surface area contributed by atoms with Crippen molar-refractivity contribution < 1.29 is 4.74 Å². The van der Waals surface area contributed by atoms with E-state index in [1.807, 2.05) is 24.4 Å². The number of para-hydroxylation sites is 1. The molecule has 5 nitrogen and oxygen atoms in total. The Hall–Kier alpha value is -3.08. The van der Waals surface area contributed by atoms with E-state index in [0.29, 0.717) is 6.54 Å². The molecule has 0 radical (unpaired) electrons. The van der Waals surface area contributed by atoms with Gasteiger partial charge in [-0.3, -0.25) is 0 Å². The molecule has 5 heteroatoms. The third kappa shape index (κ3) is 3.47. The summed E-state index contributed by atoms with van der Waals surface area (Å²) in [5, 5.41) is 3.38. The Labute approximate surface area is 153 Å². The molecule has 1 aliphatic heterocycles. The summed E-state index contributed by atoms with van der Waals surface area (Å²) < 4.78 is 5.20. The number of ether oxygens (including phenoxy) is 1. The highest BCUT2D eigenvalue weighted by molar-refractivity contribution is 5.64. The fraction of sp³-hybridized carbons (Fsp3) is 0.238. The predicted octanol–water partition coefficient (Wildman–Crippen LogP) is 4.18. The Bertz CT molecular complexity index is 879. The molecule has 0 atom stereocenters. The number of nitrogens with one attached hydrogen (secondary N) is 1. The molecule has 1 N–H and O–H groups in total. The van der Waals surface area contributed by atoms with Gasteiger partial charge in [0.1, 0.15) is 11.6 Å². The molecule has 0 fully saturated rings. The summed E-state index contributed by atoms with van der Waals surface area (Å²) >= 11 is 0. The molecule has 0 saturated heterocycles. The van der Waals surface area contributed by atoms with E-state index in [4.69, 9.17) is 9.72 Å². The van der Waals surface area contributed by atoms with E-state index in [0.717, 1.165) is 36.9 Å². The molecule has 1 aromatic heterocycles. The van der Waals surface area contributed by atoms with Crippen molar-refractivity contribution in [2.75, 3.05) is 23.9 Å². The largest absolute Gasteiger partial charge is 0.497 e. The van der Waals surface area contributed by atoms with Crippen LogP contribution < -0.4 is 15.0 Å². The van der Waals surface area contributed by atoms with Crippen LogP contribution in [0.5, 0.6) is 5.75 Å². The lowest BCUT2D eigenvalue weighted by molar-refractivity contribution is 0.414. The lowest BCUT2D eigenvalue weighted by atomic mass is 10.0. The third-order valence-electron chi connectivity index (χ3n) is 4.63. The number of rotatable bonds is 5. The van der Waals surface area contributed by atoms with Crippen molar-refractivity contribution in [3.8, 4) is 5.75 Å². The van der Waals surface area contributed by atoms with Crippen LogP contribution >= 0.6 is 0 Å². The van der Waals surface area contributed by atoms with E-state index < -0.39 is 0 Å². The Morgan fingerprint density at radius 1 is 1.08 bits per heavy atom. The maximum atomic E-state index is 5.20. The van der Waals surface area contributed by atoms with Crippen LogP contribution in [0.2, 0.25) is 0 Å². The second-order valence-electron chi connectivity index (χ2n) is 6.33. The van der Waals surface area contributed by atoms with E-state index >= 15 is 0 Å². The van der Waals surface area contributed by atoms with Gasteiger partial charge in [0, 0.05) is 25.0 Å². The number of anilines is 3. The van der Waals surface area contributed by atoms with Gasteiger partial charge in [-0.25, -0.2) is 4.98 Å². The zero-order valence-corrected chi connectivity index (χ0v) is 14.9. The predicted molar refractivity (Wildman–Crippen MR) is 104 cm³/mol. The Kier molecular flexibility index (Phi) is 4.69. The lowest BCUT2D eigenvalue weighted by Gasteiger charge is -2.29. The van der Waals surface area contributed by atoms with E-state index in [1.165, 1.54) is 16.8 Å². The first-order valence-electron chi connectivity index (χ1n) is 8.89. The van der Waals surface area contributed by atoms with Crippen LogP contribution in [-0.4, -0.2) is 23.6 Å². The van der Waals surface area contributed by atoms with Gasteiger partial charge in [-0.05, 0) is 48.2 Å². The monoisotopic (exact) mass is 346 g/mol. The second kappa shape index (κ2) is 7.44. The molecular weight excluding hydrogens is 324 g/mol. The summed E-state index contributed by atoms with van der Waals surface area (Å²) in [6.07, 6.45) is 4.04. The van der Waals surface area contributed by atoms with Crippen molar-refractivity contribution in [3.63, 3.8) is 0 Å². The first-order chi connectivity index (χ1) is 12.8. The van der Waals surface area contributed by atoms with Crippen LogP contribution in [0.3, 0.4) is 0 Å². The van der Waals surface area contributed by atoms with Crippen LogP contribution in [0.1, 0.15) is 17.5 Å². The number of methoxy groups -OCH3 is 1. The summed E-state index contributed by atoms with van der Waals surface area (Å²) in [5.74, 6) is 2.44. The number of aryl methyl sites for hydroxylation is 1. The number of nitrogens with zero attached hydrogens (tertiary/aromatic N) is 3. The maximum absolute atomic E-state index is 5.20. The molecule has 3 aromatic rings. The Balaban J connectivity index is 1.50. The van der Waals surface area contributed by atoms with Gasteiger partial charge in [0.05, 0.1) is 7.11 Å². The van der Waals surface area contributed by atoms with Gasteiger partial charge in [0.2, 0.25) is 5.95 Å². The summed E-state index contributed by atoms with van der Waals surface area (Å²) in [6.45, 7) is 1.65. The van der Waals surface area contributed by atoms with Crippen LogP contribution in [0.25, 0.3) is 0 Å². The molecule has 4 rings (SSSR count). The fourth-order valence-corrected chi connectivity index (χ4v) is 3.25. The smallest absolute Gasteiger partial charge is 0.231 e. The molecule has 0 saturated carbocycles. The minimum atomic E-state index is 0.705. The first kappa shape index (κ1) is 16.4. The molecule has 132 valence electrons. The minimum Gasteiger partial charge on any atom is -0.497 e. The number of fused-ring (bicyclic) bond motifs is 1. The topological polar surface area (TPSA) is 50.3 Å². The van der Waals surface area contributed by atoms with Crippen molar-refractivity contribution in [1.82, 2.24) is 9.97 Å². The molecule has 2 aromatic carbocycles. The first-order valence-corrected chi connectivity index (χ1v) is 8.89. The van der Waals surface area contributed by atoms with Gasteiger partial charge in [0.15, 0.2) is 0 Å². The molecule has 26 heavy (non-hydrogen) atoms. The van der Waals surface area contributed by atoms with Crippen LogP contribution in [-0.2, 0) is 13.0 Å². The van der Waals surface area contributed by atoms with E-state index in [1.54, 1.807) is 7.11 Å². The summed E-state index contributed by atoms with van der Waals surface area (Å²) in [4.78, 5) is 11.4. The highest BCUT2D eigenvalue weighted by Gasteiger charge is 2.19. The third-order valence-corrected chi connectivity index (χ3v) is 4.63. The van der Waals surface area contributed by atoms with Gasteiger partial charge in [-0.15, -0.1) is 0 Å². The van der Waals surface area contributed by atoms with Gasteiger partial charge in [-0.2, -0.15) is 4.98 Å². The number of aromatic nitrogens is 2. The average molecular weight is 346 g/mol. The number of hydrogen-bond acceptors (Lipinski definition) is 5. The maximum Gasteiger partial charge on any atom is 0.231 e. The van der Waals surface area contributed by atoms with Crippen LogP contribution in [0, 0.1) is 0 Å². The SMILES string of the molecule is COc1ccc(CNc2ccnc(N3CCCc4ccccc43)n2)cc1. The quantitative estimate of drug-likeness (QED) is 0.751. The Morgan fingerprint density at radius 2 is 1.92 bits per heavy atom. The highest BCUT2D eigenvalue weighted by Crippen LogP contribution is 2.31. The van der Waals surface area contributed by atoms with E-state index in [-0.39, 0.29) is 0 Å². The zero-order valence-electron chi connectivity index (χ0n) is 14.9. The van der Waals surface area contributed by atoms with E-state index in [2.05, 4.69) is 51.6 Å². The highest BCUT2D eigenvalue weighted by atomic mass is 16.5. The molecule has 0 unspecified atom stereocenters. The summed E-state index contributed by atoms with van der Waals surface area (Å²) in [6, 6.07) is 18.4. The second-order valence-corrected chi connectivity index (χ2v) is 6.33. The minimum absolute atomic E-state index is 0.705. The normalized spacial score (nSPS) is 13.2. The molecular formula is C21H22N4O. The van der Waals surface area contributed by atoms with Gasteiger partial charge in [-0.1, -0.05) is 30.3 Å². The standard InChI is InChI=1S/C21H22N4O/c1-26-18-10-8-16(9-11-18)15-23-20-12-13-22-21(24-20)25-14-4-6-17-5-2-3-7-19(17)25/h2-3,5,7-13H,4,6,14-15H2,1H3,(H,22,23,24). The average Bonchev–Trinajstić information content (AvgIpc) is 2.72. The van der Waals surface area contributed by atoms with Crippen molar-refractivity contribution in [2.45, 2.75) is 19.4 Å². The van der Waals surface area contributed by atoms with Crippen molar-refractivity contribution in [2.24, 2.45) is 0 Å². The number of hydrogen-bond donors (Lipinski definition) is 1. The molecule has 2 heterocycles. The van der Waals surface area contributed by atoms with Crippen molar-refractivity contribution in [1.29, 1.82) is 0 Å². The van der Waals surface area contributed by atoms with E-state index in [9.17, 15) is 0 Å². The molecule has 1 aliphatic rings. The number of benzene rings is 2. The fourth-order valence-electron chi connectivity index (χ4n) is 3.25. The molecule has 0 aliphatic carbocycles. The van der Waals surface area contributed by atoms with Crippen molar-refractivity contribution in [3.05, 3.63) is 71.9 Å². The molecule has 0 bridgehead atoms. The van der Waals surface area contributed by atoms with Gasteiger partial charge >= 0.3 is 0 Å². The molecule has 0 spiro atoms. The Morgan fingerprint density at radius 3 is 2.77 bits per heavy atom. The van der Waals surface area contributed by atoms with Crippen LogP contribution in [0.15, 0.2) is 60.8 Å².